The van der Waals surface area contributed by atoms with Crippen molar-refractivity contribution in [2.45, 2.75) is 37.9 Å². The minimum Gasteiger partial charge on any atom is -0.459 e. The van der Waals surface area contributed by atoms with Crippen LogP contribution in [0.4, 0.5) is 4.79 Å². The highest BCUT2D eigenvalue weighted by Crippen LogP contribution is 2.30. The fourth-order valence-electron chi connectivity index (χ4n) is 3.90. The molecule has 0 aliphatic carbocycles. The number of nitrogens with two attached hydrogens (primary N) is 1. The van der Waals surface area contributed by atoms with Crippen LogP contribution in [0.15, 0.2) is 72.4 Å². The predicted octanol–water partition coefficient (Wildman–Crippen LogP) is 2.74. The third-order valence-electron chi connectivity index (χ3n) is 5.90. The molecule has 2 aromatic carbocycles. The fraction of sp³-hybridized carbons (Fsp3) is 0.320. The van der Waals surface area contributed by atoms with Crippen LogP contribution in [-0.4, -0.2) is 66.0 Å². The molecule has 4 rings (SSSR count). The molecular formula is C25H27N3O6. The van der Waals surface area contributed by atoms with Gasteiger partial charge in [0.05, 0.1) is 11.1 Å². The molecule has 0 radical (unpaired) electrons. The smallest absolute Gasteiger partial charge is 0.338 e. The van der Waals surface area contributed by atoms with E-state index in [1.54, 1.807) is 73.9 Å². The van der Waals surface area contributed by atoms with Crippen LogP contribution in [0.25, 0.3) is 0 Å². The summed E-state index contributed by atoms with van der Waals surface area (Å²) in [6, 6.07) is 16.8. The third kappa shape index (κ3) is 4.95. The van der Waals surface area contributed by atoms with Crippen LogP contribution in [0, 0.1) is 0 Å². The van der Waals surface area contributed by atoms with Gasteiger partial charge in [-0.25, -0.2) is 14.4 Å². The molecule has 4 atom stereocenters. The first kappa shape index (κ1) is 23.5. The van der Waals surface area contributed by atoms with Crippen molar-refractivity contribution in [1.29, 1.82) is 0 Å². The summed E-state index contributed by atoms with van der Waals surface area (Å²) >= 11 is 0. The van der Waals surface area contributed by atoms with E-state index in [1.165, 1.54) is 9.80 Å². The topological polar surface area (TPSA) is 111 Å². The van der Waals surface area contributed by atoms with Crippen molar-refractivity contribution in [3.8, 4) is 0 Å². The maximum atomic E-state index is 12.8. The van der Waals surface area contributed by atoms with Crippen molar-refractivity contribution in [2.75, 3.05) is 13.7 Å². The van der Waals surface area contributed by atoms with E-state index < -0.39 is 36.5 Å². The highest BCUT2D eigenvalue weighted by atomic mass is 16.6. The maximum Gasteiger partial charge on any atom is 0.338 e. The summed E-state index contributed by atoms with van der Waals surface area (Å²) in [5.74, 6) is -1.04. The van der Waals surface area contributed by atoms with Crippen LogP contribution in [0.2, 0.25) is 0 Å². The Kier molecular flexibility index (Phi) is 6.95. The number of hydrogen-bond acceptors (Lipinski definition) is 7. The molecule has 0 bridgehead atoms. The van der Waals surface area contributed by atoms with Gasteiger partial charge in [-0.2, -0.15) is 0 Å². The molecule has 2 unspecified atom stereocenters. The highest BCUT2D eigenvalue weighted by molar-refractivity contribution is 5.90. The van der Waals surface area contributed by atoms with Crippen molar-refractivity contribution >= 4 is 18.0 Å². The molecule has 0 saturated carbocycles. The third-order valence-corrected chi connectivity index (χ3v) is 5.90. The maximum absolute atomic E-state index is 12.8. The molecule has 1 saturated heterocycles. The number of carbonyl (C=O) groups is 3. The Morgan fingerprint density at radius 3 is 2.24 bits per heavy atom. The lowest BCUT2D eigenvalue weighted by molar-refractivity contribution is -0.0669. The van der Waals surface area contributed by atoms with E-state index in [9.17, 15) is 14.4 Å². The highest BCUT2D eigenvalue weighted by Gasteiger charge is 2.44. The monoisotopic (exact) mass is 465 g/mol. The molecule has 0 aromatic heterocycles. The molecule has 0 spiro atoms. The quantitative estimate of drug-likeness (QED) is 0.653. The van der Waals surface area contributed by atoms with Crippen LogP contribution in [-0.2, 0) is 14.2 Å². The van der Waals surface area contributed by atoms with Crippen molar-refractivity contribution in [1.82, 2.24) is 9.80 Å². The van der Waals surface area contributed by atoms with E-state index in [0.29, 0.717) is 11.1 Å². The van der Waals surface area contributed by atoms with Gasteiger partial charge in [0.15, 0.2) is 0 Å². The number of nitrogens with zero attached hydrogens (tertiary/aromatic N) is 2. The van der Waals surface area contributed by atoms with Crippen LogP contribution < -0.4 is 5.73 Å². The van der Waals surface area contributed by atoms with Gasteiger partial charge < -0.3 is 24.8 Å². The van der Waals surface area contributed by atoms with Gasteiger partial charge in [-0.05, 0) is 36.8 Å². The van der Waals surface area contributed by atoms with Crippen molar-refractivity contribution in [3.05, 3.63) is 83.6 Å². The zero-order valence-corrected chi connectivity index (χ0v) is 19.0. The Morgan fingerprint density at radius 1 is 1.03 bits per heavy atom. The van der Waals surface area contributed by atoms with Crippen molar-refractivity contribution in [2.24, 2.45) is 5.73 Å². The van der Waals surface area contributed by atoms with Gasteiger partial charge in [0.25, 0.3) is 0 Å². The van der Waals surface area contributed by atoms with E-state index in [1.807, 2.05) is 6.92 Å². The Hall–Kier alpha value is -3.69. The van der Waals surface area contributed by atoms with Gasteiger partial charge in [-0.15, -0.1) is 0 Å². The summed E-state index contributed by atoms with van der Waals surface area (Å²) in [4.78, 5) is 40.8. The first-order valence-corrected chi connectivity index (χ1v) is 11.0. The number of carbonyl (C=O) groups excluding carboxylic acids is 3. The lowest BCUT2D eigenvalue weighted by Crippen LogP contribution is -2.55. The Bertz CT molecular complexity index is 1070. The Labute approximate surface area is 197 Å². The first-order chi connectivity index (χ1) is 16.3. The number of rotatable bonds is 6. The van der Waals surface area contributed by atoms with E-state index in [2.05, 4.69) is 0 Å². The summed E-state index contributed by atoms with van der Waals surface area (Å²) in [7, 11) is 1.61. The largest absolute Gasteiger partial charge is 0.459 e. The number of likely N-dealkylation sites (N-methyl/N-ethyl adjacent to an activating group) is 1. The van der Waals surface area contributed by atoms with Gasteiger partial charge in [0, 0.05) is 19.7 Å². The van der Waals surface area contributed by atoms with Crippen LogP contribution in [0.1, 0.15) is 34.1 Å². The normalized spacial score (nSPS) is 24.6. The summed E-state index contributed by atoms with van der Waals surface area (Å²) in [6.45, 7) is 1.68. The number of urea groups is 1. The molecule has 34 heavy (non-hydrogen) atoms. The van der Waals surface area contributed by atoms with Crippen LogP contribution >= 0.6 is 0 Å². The zero-order valence-electron chi connectivity index (χ0n) is 19.0. The van der Waals surface area contributed by atoms with Crippen molar-refractivity contribution in [3.63, 3.8) is 0 Å². The lowest BCUT2D eigenvalue weighted by Gasteiger charge is -2.38. The van der Waals surface area contributed by atoms with Crippen LogP contribution in [0.5, 0.6) is 0 Å². The van der Waals surface area contributed by atoms with E-state index >= 15 is 0 Å². The number of amides is 2. The van der Waals surface area contributed by atoms with Crippen LogP contribution in [0.3, 0.4) is 0 Å². The molecule has 2 aliphatic rings. The minimum absolute atomic E-state index is 0.142. The standard InChI is InChI=1S/C25H27N3O6/c1-16-14-28(25(31)27(2)22(16)26)21-13-19(34-24(30)18-11-7-4-8-12-18)20(33-21)15-32-23(29)17-9-5-3-6-10-17/h3-12,14,19-22H,13,15,26H2,1-2H3/t19?,20-,21-,22?/m0/s1. The van der Waals surface area contributed by atoms with Crippen molar-refractivity contribution < 1.29 is 28.6 Å². The first-order valence-electron chi connectivity index (χ1n) is 11.0. The average molecular weight is 466 g/mol. The summed E-state index contributed by atoms with van der Waals surface area (Å²) in [5, 5.41) is 0. The van der Waals surface area contributed by atoms with Gasteiger partial charge in [-0.3, -0.25) is 4.90 Å². The molecule has 2 N–H and O–H groups in total. The Balaban J connectivity index is 1.51. The van der Waals surface area contributed by atoms with Gasteiger partial charge >= 0.3 is 18.0 Å². The molecule has 9 heteroatoms. The number of hydrogen-bond donors (Lipinski definition) is 1. The summed E-state index contributed by atoms with van der Waals surface area (Å²) in [6.07, 6.45) is -0.876. The lowest BCUT2D eigenvalue weighted by atomic mass is 10.1. The minimum atomic E-state index is -0.757. The second-order valence-electron chi connectivity index (χ2n) is 8.26. The summed E-state index contributed by atoms with van der Waals surface area (Å²) < 4.78 is 17.3. The molecule has 2 aromatic rings. The van der Waals surface area contributed by atoms with E-state index in [0.717, 1.165) is 5.57 Å². The number of esters is 2. The number of benzene rings is 2. The summed E-state index contributed by atoms with van der Waals surface area (Å²) in [5.41, 5.74) is 7.61. The molecule has 2 heterocycles. The molecule has 2 amide bonds. The molecule has 9 nitrogen and oxygen atoms in total. The fourth-order valence-corrected chi connectivity index (χ4v) is 3.90. The Morgan fingerprint density at radius 2 is 1.62 bits per heavy atom. The second-order valence-corrected chi connectivity index (χ2v) is 8.26. The molecule has 178 valence electrons. The zero-order chi connectivity index (χ0) is 24.2. The van der Waals surface area contributed by atoms with E-state index in [4.69, 9.17) is 19.9 Å². The molecular weight excluding hydrogens is 438 g/mol. The van der Waals surface area contributed by atoms with Gasteiger partial charge in [-0.1, -0.05) is 36.4 Å². The number of ether oxygens (including phenoxy) is 3. The molecule has 2 aliphatic heterocycles. The van der Waals surface area contributed by atoms with Gasteiger partial charge in [0.2, 0.25) is 0 Å². The molecule has 1 fully saturated rings. The van der Waals surface area contributed by atoms with Gasteiger partial charge in [0.1, 0.15) is 31.2 Å². The van der Waals surface area contributed by atoms with E-state index in [-0.39, 0.29) is 19.1 Å². The average Bonchev–Trinajstić information content (AvgIpc) is 3.26. The SMILES string of the molecule is CC1=CN([C@@H]2CC(OC(=O)c3ccccc3)[C@H](COC(=O)c3ccccc3)O2)C(=O)N(C)C1N. The second kappa shape index (κ2) is 10.1. The predicted molar refractivity (Wildman–Crippen MR) is 122 cm³/mol.